The van der Waals surface area contributed by atoms with Gasteiger partial charge in [0.25, 0.3) is 0 Å². The number of furan rings is 1. The Kier molecular flexibility index (Phi) is 5.13. The molecule has 1 aliphatic heterocycles. The van der Waals surface area contributed by atoms with Crippen LogP contribution in [0.15, 0.2) is 46.2 Å². The van der Waals surface area contributed by atoms with E-state index in [9.17, 15) is 0 Å². The van der Waals surface area contributed by atoms with E-state index in [0.717, 1.165) is 54.1 Å². The normalized spacial score (nSPS) is 17.1. The molecular formula is C20H23N3O2S. The summed E-state index contributed by atoms with van der Waals surface area (Å²) in [7, 11) is 0. The summed E-state index contributed by atoms with van der Waals surface area (Å²) in [5.74, 6) is 2.59. The summed E-state index contributed by atoms with van der Waals surface area (Å²) in [6.45, 7) is 5.69. The fourth-order valence-corrected chi connectivity index (χ4v) is 4.10. The average molecular weight is 369 g/mol. The molecule has 3 aromatic rings. The lowest BCUT2D eigenvalue weighted by Crippen LogP contribution is -2.16. The molecule has 1 aliphatic rings. The fraction of sp³-hybridized carbons (Fsp3) is 0.400. The Morgan fingerprint density at radius 2 is 2.00 bits per heavy atom. The molecule has 26 heavy (non-hydrogen) atoms. The van der Waals surface area contributed by atoms with Gasteiger partial charge in [-0.05, 0) is 38.3 Å². The molecule has 5 nitrogen and oxygen atoms in total. The third-order valence-electron chi connectivity index (χ3n) is 4.72. The van der Waals surface area contributed by atoms with Crippen LogP contribution in [0, 0.1) is 13.8 Å². The average Bonchev–Trinajstić information content (AvgIpc) is 3.37. The molecule has 1 aromatic carbocycles. The van der Waals surface area contributed by atoms with Gasteiger partial charge in [0, 0.05) is 12.4 Å². The third kappa shape index (κ3) is 3.71. The Morgan fingerprint density at radius 3 is 2.69 bits per heavy atom. The topological polar surface area (TPSA) is 53.1 Å². The summed E-state index contributed by atoms with van der Waals surface area (Å²) in [6, 6.07) is 10.6. The summed E-state index contributed by atoms with van der Waals surface area (Å²) in [6.07, 6.45) is 4.15. The first-order valence-electron chi connectivity index (χ1n) is 8.98. The van der Waals surface area contributed by atoms with Crippen LogP contribution in [-0.4, -0.2) is 27.5 Å². The van der Waals surface area contributed by atoms with Crippen molar-refractivity contribution in [1.29, 1.82) is 0 Å². The highest BCUT2D eigenvalue weighted by molar-refractivity contribution is 7.98. The maximum absolute atomic E-state index is 5.85. The van der Waals surface area contributed by atoms with E-state index >= 15 is 0 Å². The van der Waals surface area contributed by atoms with Gasteiger partial charge in [-0.3, -0.25) is 4.57 Å². The van der Waals surface area contributed by atoms with Crippen molar-refractivity contribution >= 4 is 11.8 Å². The van der Waals surface area contributed by atoms with E-state index in [0.29, 0.717) is 0 Å². The first-order chi connectivity index (χ1) is 12.7. The molecule has 0 bridgehead atoms. The van der Waals surface area contributed by atoms with E-state index in [-0.39, 0.29) is 6.10 Å². The fourth-order valence-electron chi connectivity index (χ4n) is 3.20. The summed E-state index contributed by atoms with van der Waals surface area (Å²) < 4.78 is 13.5. The lowest BCUT2D eigenvalue weighted by atomic mass is 10.2. The Labute approximate surface area is 157 Å². The lowest BCUT2D eigenvalue weighted by molar-refractivity contribution is 0.0953. The van der Waals surface area contributed by atoms with Gasteiger partial charge in [-0.2, -0.15) is 0 Å². The smallest absolute Gasteiger partial charge is 0.191 e. The van der Waals surface area contributed by atoms with E-state index in [1.54, 1.807) is 18.0 Å². The molecule has 0 spiro atoms. The van der Waals surface area contributed by atoms with Crippen LogP contribution in [-0.2, 0) is 17.0 Å². The zero-order chi connectivity index (χ0) is 17.9. The molecule has 0 amide bonds. The number of benzene rings is 1. The predicted molar refractivity (Wildman–Crippen MR) is 102 cm³/mol. The van der Waals surface area contributed by atoms with Gasteiger partial charge in [0.15, 0.2) is 11.0 Å². The molecular weight excluding hydrogens is 346 g/mol. The minimum Gasteiger partial charge on any atom is -0.469 e. The quantitative estimate of drug-likeness (QED) is 0.593. The van der Waals surface area contributed by atoms with Crippen molar-refractivity contribution in [3.63, 3.8) is 0 Å². The molecule has 6 heteroatoms. The van der Waals surface area contributed by atoms with Gasteiger partial charge in [0.1, 0.15) is 5.76 Å². The summed E-state index contributed by atoms with van der Waals surface area (Å²) in [5, 5.41) is 9.86. The number of rotatable bonds is 6. The number of hydrogen-bond acceptors (Lipinski definition) is 5. The van der Waals surface area contributed by atoms with Gasteiger partial charge in [-0.15, -0.1) is 10.2 Å². The van der Waals surface area contributed by atoms with Gasteiger partial charge >= 0.3 is 0 Å². The predicted octanol–water partition coefficient (Wildman–Crippen LogP) is 4.63. The van der Waals surface area contributed by atoms with Crippen molar-refractivity contribution in [2.24, 2.45) is 0 Å². The van der Waals surface area contributed by atoms with Gasteiger partial charge in [0.05, 0.1) is 24.5 Å². The van der Waals surface area contributed by atoms with Gasteiger partial charge in [0.2, 0.25) is 0 Å². The van der Waals surface area contributed by atoms with Crippen LogP contribution < -0.4 is 0 Å². The Hall–Kier alpha value is -2.05. The van der Waals surface area contributed by atoms with Gasteiger partial charge in [-0.1, -0.05) is 41.6 Å². The molecule has 0 N–H and O–H groups in total. The van der Waals surface area contributed by atoms with E-state index in [1.807, 2.05) is 13.0 Å². The number of aryl methyl sites for hydroxylation is 2. The zero-order valence-electron chi connectivity index (χ0n) is 15.1. The van der Waals surface area contributed by atoms with E-state index in [2.05, 4.69) is 46.0 Å². The Bertz CT molecular complexity index is 864. The molecule has 0 saturated carbocycles. The zero-order valence-corrected chi connectivity index (χ0v) is 16.0. The minimum atomic E-state index is 0.232. The van der Waals surface area contributed by atoms with Crippen LogP contribution >= 0.6 is 11.8 Å². The van der Waals surface area contributed by atoms with Crippen LogP contribution in [0.5, 0.6) is 0 Å². The molecule has 4 rings (SSSR count). The molecule has 136 valence electrons. The summed E-state index contributed by atoms with van der Waals surface area (Å²) >= 11 is 1.72. The molecule has 1 saturated heterocycles. The van der Waals surface area contributed by atoms with Crippen LogP contribution in [0.2, 0.25) is 0 Å². The number of thioether (sulfide) groups is 1. The van der Waals surface area contributed by atoms with Crippen LogP contribution in [0.1, 0.15) is 29.7 Å². The van der Waals surface area contributed by atoms with Crippen molar-refractivity contribution in [3.05, 3.63) is 53.5 Å². The third-order valence-corrected chi connectivity index (χ3v) is 5.75. The summed E-state index contributed by atoms with van der Waals surface area (Å²) in [4.78, 5) is 0. The van der Waals surface area contributed by atoms with Crippen LogP contribution in [0.4, 0.5) is 0 Å². The molecule has 1 fully saturated rings. The molecule has 1 atom stereocenters. The second-order valence-corrected chi connectivity index (χ2v) is 7.66. The SMILES string of the molecule is Cc1ccc(CSc2nnc(-c3ccoc3C)n2CC2CCCO2)cc1. The number of ether oxygens (including phenoxy) is 1. The standard InChI is InChI=1S/C20H23N3O2S/c1-14-5-7-16(8-6-14)13-26-20-22-21-19(18-9-11-24-15(18)2)23(20)12-17-4-3-10-25-17/h5-9,11,17H,3-4,10,12-13H2,1-2H3. The van der Waals surface area contributed by atoms with Crippen molar-refractivity contribution < 1.29 is 9.15 Å². The number of nitrogens with zero attached hydrogens (tertiary/aromatic N) is 3. The van der Waals surface area contributed by atoms with Crippen LogP contribution in [0.25, 0.3) is 11.4 Å². The minimum absolute atomic E-state index is 0.232. The van der Waals surface area contributed by atoms with E-state index < -0.39 is 0 Å². The maximum Gasteiger partial charge on any atom is 0.191 e. The Morgan fingerprint density at radius 1 is 1.15 bits per heavy atom. The molecule has 0 aliphatic carbocycles. The molecule has 2 aromatic heterocycles. The molecule has 3 heterocycles. The largest absolute Gasteiger partial charge is 0.469 e. The second kappa shape index (κ2) is 7.68. The van der Waals surface area contributed by atoms with Crippen molar-refractivity contribution in [2.75, 3.05) is 6.61 Å². The van der Waals surface area contributed by atoms with Crippen LogP contribution in [0.3, 0.4) is 0 Å². The molecule has 1 unspecified atom stereocenters. The van der Waals surface area contributed by atoms with Gasteiger partial charge in [-0.25, -0.2) is 0 Å². The highest BCUT2D eigenvalue weighted by atomic mass is 32.2. The van der Waals surface area contributed by atoms with Gasteiger partial charge < -0.3 is 9.15 Å². The second-order valence-electron chi connectivity index (χ2n) is 6.72. The first kappa shape index (κ1) is 17.4. The maximum atomic E-state index is 5.85. The van der Waals surface area contributed by atoms with Crippen molar-refractivity contribution in [3.8, 4) is 11.4 Å². The number of hydrogen-bond donors (Lipinski definition) is 0. The first-order valence-corrected chi connectivity index (χ1v) is 9.97. The highest BCUT2D eigenvalue weighted by Gasteiger charge is 2.23. The van der Waals surface area contributed by atoms with E-state index in [1.165, 1.54) is 11.1 Å². The lowest BCUT2D eigenvalue weighted by Gasteiger charge is -2.14. The van der Waals surface area contributed by atoms with Crippen molar-refractivity contribution in [2.45, 2.75) is 50.2 Å². The highest BCUT2D eigenvalue weighted by Crippen LogP contribution is 2.30. The molecule has 0 radical (unpaired) electrons. The van der Waals surface area contributed by atoms with Crippen molar-refractivity contribution in [1.82, 2.24) is 14.8 Å². The Balaban J connectivity index is 1.59. The monoisotopic (exact) mass is 369 g/mol. The number of aromatic nitrogens is 3. The van der Waals surface area contributed by atoms with E-state index in [4.69, 9.17) is 9.15 Å². The summed E-state index contributed by atoms with van der Waals surface area (Å²) in [5.41, 5.74) is 3.56.